The molecule has 172 valence electrons. The third-order valence-corrected chi connectivity index (χ3v) is 7.03. The fourth-order valence-corrected chi connectivity index (χ4v) is 5.23. The van der Waals surface area contributed by atoms with E-state index in [0.29, 0.717) is 30.1 Å². The van der Waals surface area contributed by atoms with Crippen molar-refractivity contribution in [2.75, 3.05) is 13.2 Å². The summed E-state index contributed by atoms with van der Waals surface area (Å²) in [6.45, 7) is 5.08. The topological polar surface area (TPSA) is 18.5 Å². The Bertz CT molecular complexity index is 927. The molecule has 1 saturated carbocycles. The van der Waals surface area contributed by atoms with Gasteiger partial charge in [0, 0.05) is 5.56 Å². The number of hydrogen-bond acceptors (Lipinski definition) is 2. The predicted molar refractivity (Wildman–Crippen MR) is 125 cm³/mol. The minimum Gasteiger partial charge on any atom is -0.491 e. The Morgan fingerprint density at radius 3 is 2.31 bits per heavy atom. The van der Waals surface area contributed by atoms with Crippen LogP contribution in [0.4, 0.5) is 8.78 Å². The highest BCUT2D eigenvalue weighted by molar-refractivity contribution is 5.65. The lowest BCUT2D eigenvalue weighted by Gasteiger charge is -2.35. The molecule has 0 radical (unpaired) electrons. The van der Waals surface area contributed by atoms with Gasteiger partial charge in [-0.25, -0.2) is 4.39 Å². The number of benzene rings is 2. The largest absolute Gasteiger partial charge is 0.491 e. The highest BCUT2D eigenvalue weighted by Crippen LogP contribution is 2.40. The summed E-state index contributed by atoms with van der Waals surface area (Å²) in [5.41, 5.74) is 3.70. The molecule has 4 heteroatoms. The van der Waals surface area contributed by atoms with E-state index in [1.54, 1.807) is 13.0 Å². The third-order valence-electron chi connectivity index (χ3n) is 7.03. The van der Waals surface area contributed by atoms with Crippen molar-refractivity contribution in [2.45, 2.75) is 70.8 Å². The van der Waals surface area contributed by atoms with Gasteiger partial charge in [-0.05, 0) is 86.1 Å². The van der Waals surface area contributed by atoms with Crippen LogP contribution in [-0.4, -0.2) is 19.3 Å². The van der Waals surface area contributed by atoms with Crippen LogP contribution in [0.25, 0.3) is 11.1 Å². The molecule has 1 fully saturated rings. The highest BCUT2D eigenvalue weighted by Gasteiger charge is 2.30. The number of halogens is 2. The van der Waals surface area contributed by atoms with Crippen molar-refractivity contribution < 1.29 is 18.3 Å². The second-order valence-corrected chi connectivity index (χ2v) is 9.10. The zero-order chi connectivity index (χ0) is 22.5. The standard InChI is InChI=1S/C28H34F2O2/c1-3-5-19-6-16-25(32-18-19)23-13-9-21(10-14-23)20-7-11-22(12-8-20)24-15-17-26(31-4-2)28(30)27(24)29/h6-8,11-12,15,17,21,23,25H,3-5,9-10,13-14,16,18H2,1-2H3. The maximum absolute atomic E-state index is 14.5. The van der Waals surface area contributed by atoms with Crippen molar-refractivity contribution >= 4 is 0 Å². The van der Waals surface area contributed by atoms with Crippen molar-refractivity contribution in [2.24, 2.45) is 5.92 Å². The predicted octanol–water partition coefficient (Wildman–Crippen LogP) is 7.82. The van der Waals surface area contributed by atoms with Crippen LogP contribution in [-0.2, 0) is 4.74 Å². The molecule has 2 nitrogen and oxygen atoms in total. The van der Waals surface area contributed by atoms with Gasteiger partial charge in [0.1, 0.15) is 0 Å². The number of hydrogen-bond donors (Lipinski definition) is 0. The minimum atomic E-state index is -0.923. The Labute approximate surface area is 190 Å². The summed E-state index contributed by atoms with van der Waals surface area (Å²) in [5, 5.41) is 0. The van der Waals surface area contributed by atoms with E-state index in [1.807, 2.05) is 12.1 Å². The smallest absolute Gasteiger partial charge is 0.201 e. The van der Waals surface area contributed by atoms with Gasteiger partial charge in [0.25, 0.3) is 0 Å². The molecule has 4 rings (SSSR count). The van der Waals surface area contributed by atoms with Crippen LogP contribution in [0.1, 0.15) is 70.3 Å². The van der Waals surface area contributed by atoms with Gasteiger partial charge in [-0.2, -0.15) is 4.39 Å². The Kier molecular flexibility index (Phi) is 7.62. The monoisotopic (exact) mass is 440 g/mol. The first-order valence-corrected chi connectivity index (χ1v) is 12.1. The van der Waals surface area contributed by atoms with Crippen molar-refractivity contribution in [3.63, 3.8) is 0 Å². The third kappa shape index (κ3) is 5.06. The molecule has 32 heavy (non-hydrogen) atoms. The van der Waals surface area contributed by atoms with Gasteiger partial charge in [0.05, 0.1) is 19.3 Å². The Hall–Kier alpha value is -2.20. The van der Waals surface area contributed by atoms with Gasteiger partial charge >= 0.3 is 0 Å². The second-order valence-electron chi connectivity index (χ2n) is 9.10. The van der Waals surface area contributed by atoms with Crippen LogP contribution in [0.2, 0.25) is 0 Å². The molecule has 0 spiro atoms. The van der Waals surface area contributed by atoms with Gasteiger partial charge in [-0.15, -0.1) is 0 Å². The quantitative estimate of drug-likeness (QED) is 0.409. The molecule has 2 aromatic rings. The number of ether oxygens (including phenoxy) is 2. The maximum atomic E-state index is 14.5. The van der Waals surface area contributed by atoms with Crippen molar-refractivity contribution in [1.29, 1.82) is 0 Å². The summed E-state index contributed by atoms with van der Waals surface area (Å²) in [4.78, 5) is 0. The summed E-state index contributed by atoms with van der Waals surface area (Å²) >= 11 is 0. The summed E-state index contributed by atoms with van der Waals surface area (Å²) in [7, 11) is 0. The molecular weight excluding hydrogens is 406 g/mol. The van der Waals surface area contributed by atoms with Crippen molar-refractivity contribution in [1.82, 2.24) is 0 Å². The molecule has 0 N–H and O–H groups in total. The molecule has 2 aliphatic rings. The number of rotatable bonds is 7. The van der Waals surface area contributed by atoms with Crippen LogP contribution in [0.3, 0.4) is 0 Å². The van der Waals surface area contributed by atoms with Gasteiger partial charge in [0.2, 0.25) is 5.82 Å². The lowest BCUT2D eigenvalue weighted by molar-refractivity contribution is 0.00361. The second kappa shape index (κ2) is 10.6. The zero-order valence-electron chi connectivity index (χ0n) is 19.2. The van der Waals surface area contributed by atoms with E-state index in [1.165, 1.54) is 36.5 Å². The van der Waals surface area contributed by atoms with Crippen LogP contribution < -0.4 is 4.74 Å². The lowest BCUT2D eigenvalue weighted by Crippen LogP contribution is -2.30. The summed E-state index contributed by atoms with van der Waals surface area (Å²) in [6, 6.07) is 11.1. The molecule has 0 aromatic heterocycles. The summed E-state index contributed by atoms with van der Waals surface area (Å²) < 4.78 is 40.1. The van der Waals surface area contributed by atoms with Gasteiger partial charge in [-0.1, -0.05) is 43.7 Å². The molecule has 1 atom stereocenters. The molecule has 0 bridgehead atoms. The molecule has 1 unspecified atom stereocenters. The van der Waals surface area contributed by atoms with Crippen molar-refractivity contribution in [3.05, 3.63) is 65.2 Å². The van der Waals surface area contributed by atoms with Gasteiger partial charge in [0.15, 0.2) is 11.6 Å². The van der Waals surface area contributed by atoms with E-state index >= 15 is 0 Å². The summed E-state index contributed by atoms with van der Waals surface area (Å²) in [5.74, 6) is -0.648. The molecular formula is C28H34F2O2. The Morgan fingerprint density at radius 1 is 0.938 bits per heavy atom. The fourth-order valence-electron chi connectivity index (χ4n) is 5.23. The van der Waals surface area contributed by atoms with Crippen LogP contribution in [0.15, 0.2) is 48.0 Å². The average Bonchev–Trinajstić information content (AvgIpc) is 2.83. The van der Waals surface area contributed by atoms with E-state index in [0.717, 1.165) is 32.3 Å². The maximum Gasteiger partial charge on any atom is 0.201 e. The first kappa shape index (κ1) is 23.0. The Balaban J connectivity index is 1.36. The average molecular weight is 441 g/mol. The van der Waals surface area contributed by atoms with Crippen molar-refractivity contribution in [3.8, 4) is 16.9 Å². The lowest BCUT2D eigenvalue weighted by atomic mass is 9.75. The first-order chi connectivity index (χ1) is 15.6. The highest BCUT2D eigenvalue weighted by atomic mass is 19.2. The molecule has 0 amide bonds. The van der Waals surface area contributed by atoms with Gasteiger partial charge < -0.3 is 9.47 Å². The van der Waals surface area contributed by atoms with Crippen LogP contribution in [0, 0.1) is 17.6 Å². The minimum absolute atomic E-state index is 0.0406. The fraction of sp³-hybridized carbons (Fsp3) is 0.500. The SMILES string of the molecule is CCCC1=CCC(C2CCC(c3ccc(-c4ccc(OCC)c(F)c4F)cc3)CC2)OC1. The van der Waals surface area contributed by atoms with E-state index < -0.39 is 11.6 Å². The van der Waals surface area contributed by atoms with Crippen LogP contribution in [0.5, 0.6) is 5.75 Å². The zero-order valence-corrected chi connectivity index (χ0v) is 19.2. The molecule has 1 aliphatic carbocycles. The normalized spacial score (nSPS) is 23.6. The Morgan fingerprint density at radius 2 is 1.69 bits per heavy atom. The van der Waals surface area contributed by atoms with E-state index in [9.17, 15) is 8.78 Å². The molecule has 0 saturated heterocycles. The van der Waals surface area contributed by atoms with E-state index in [2.05, 4.69) is 25.1 Å². The van der Waals surface area contributed by atoms with Crippen LogP contribution >= 0.6 is 0 Å². The van der Waals surface area contributed by atoms with Gasteiger partial charge in [-0.3, -0.25) is 0 Å². The first-order valence-electron chi connectivity index (χ1n) is 12.1. The van der Waals surface area contributed by atoms with E-state index in [4.69, 9.17) is 9.47 Å². The van der Waals surface area contributed by atoms with E-state index in [-0.39, 0.29) is 11.3 Å². The molecule has 2 aromatic carbocycles. The summed E-state index contributed by atoms with van der Waals surface area (Å²) in [6.07, 6.45) is 10.9. The molecule has 1 aliphatic heterocycles. The molecule has 1 heterocycles.